The summed E-state index contributed by atoms with van der Waals surface area (Å²) in [6.45, 7) is 7.06. The minimum Gasteiger partial charge on any atom is -0.490 e. The van der Waals surface area contributed by atoms with Gasteiger partial charge in [0.05, 0.1) is 35.1 Å². The van der Waals surface area contributed by atoms with Crippen LogP contribution in [0.2, 0.25) is 0 Å². The number of allylic oxidation sites excluding steroid dienone is 2. The van der Waals surface area contributed by atoms with Crippen LogP contribution in [0.3, 0.4) is 0 Å². The van der Waals surface area contributed by atoms with Gasteiger partial charge in [-0.25, -0.2) is 9.79 Å². The van der Waals surface area contributed by atoms with Crippen LogP contribution in [0.1, 0.15) is 44.9 Å². The summed E-state index contributed by atoms with van der Waals surface area (Å²) in [5.41, 5.74) is 2.03. The molecule has 8 nitrogen and oxygen atoms in total. The Balaban J connectivity index is 1.88. The van der Waals surface area contributed by atoms with Gasteiger partial charge in [0.15, 0.2) is 16.3 Å². The van der Waals surface area contributed by atoms with Crippen LogP contribution in [0.5, 0.6) is 11.5 Å². The van der Waals surface area contributed by atoms with Crippen molar-refractivity contribution in [3.63, 3.8) is 0 Å². The second kappa shape index (κ2) is 11.9. The zero-order valence-corrected chi connectivity index (χ0v) is 22.4. The minimum absolute atomic E-state index is 0.173. The third-order valence-corrected chi connectivity index (χ3v) is 6.69. The average Bonchev–Trinajstić information content (AvgIpc) is 3.19. The first kappa shape index (κ1) is 26.8. The molecule has 0 bridgehead atoms. The van der Waals surface area contributed by atoms with E-state index >= 15 is 0 Å². The first-order valence-corrected chi connectivity index (χ1v) is 13.0. The van der Waals surface area contributed by atoms with Crippen molar-refractivity contribution in [3.8, 4) is 11.5 Å². The topological polar surface area (TPSA) is 96.2 Å². The maximum Gasteiger partial charge on any atom is 0.338 e. The van der Waals surface area contributed by atoms with Crippen molar-refractivity contribution in [1.29, 1.82) is 0 Å². The number of thiazole rings is 1. The molecule has 196 valence electrons. The quantitative estimate of drug-likeness (QED) is 0.324. The summed E-state index contributed by atoms with van der Waals surface area (Å²) in [6.07, 6.45) is 5.47. The first-order valence-electron chi connectivity index (χ1n) is 12.2. The molecule has 0 spiro atoms. The fraction of sp³-hybridized carbons (Fsp3) is 0.241. The monoisotopic (exact) mass is 532 g/mol. The van der Waals surface area contributed by atoms with Crippen LogP contribution >= 0.6 is 11.3 Å². The molecule has 1 atom stereocenters. The highest BCUT2D eigenvalue weighted by Gasteiger charge is 2.34. The maximum absolute atomic E-state index is 13.7. The molecule has 0 saturated heterocycles. The Bertz CT molecular complexity index is 1600. The predicted octanol–water partition coefficient (Wildman–Crippen LogP) is 3.79. The van der Waals surface area contributed by atoms with E-state index in [2.05, 4.69) is 4.99 Å². The number of carbonyl (C=O) groups excluding carboxylic acids is 2. The molecule has 0 aliphatic carbocycles. The fourth-order valence-corrected chi connectivity index (χ4v) is 5.13. The maximum atomic E-state index is 13.7. The summed E-state index contributed by atoms with van der Waals surface area (Å²) < 4.78 is 18.3. The molecule has 3 aromatic rings. The van der Waals surface area contributed by atoms with Gasteiger partial charge in [-0.3, -0.25) is 14.2 Å². The lowest BCUT2D eigenvalue weighted by molar-refractivity contribution is -0.139. The number of hydrogen-bond donors (Lipinski definition) is 0. The lowest BCUT2D eigenvalue weighted by atomic mass is 9.95. The van der Waals surface area contributed by atoms with Gasteiger partial charge in [0.1, 0.15) is 0 Å². The molecule has 2 heterocycles. The molecule has 0 fully saturated rings. The van der Waals surface area contributed by atoms with E-state index in [1.807, 2.05) is 49.4 Å². The second-order valence-electron chi connectivity index (χ2n) is 8.33. The SMILES string of the molecule is CCOC(=O)C1=C(C)N=c2s/c(=C/C=C/c3ccccc3)c(=O)n2[C@@H]1c1ccc(OC(C)=O)c(OCC)c1. The molecule has 0 radical (unpaired) electrons. The predicted molar refractivity (Wildman–Crippen MR) is 146 cm³/mol. The Morgan fingerprint density at radius 1 is 1.08 bits per heavy atom. The van der Waals surface area contributed by atoms with Crippen LogP contribution in [0.4, 0.5) is 0 Å². The molecule has 0 unspecified atom stereocenters. The van der Waals surface area contributed by atoms with E-state index < -0.39 is 18.0 Å². The van der Waals surface area contributed by atoms with E-state index in [0.717, 1.165) is 5.56 Å². The van der Waals surface area contributed by atoms with Crippen molar-refractivity contribution in [1.82, 2.24) is 4.57 Å². The second-order valence-corrected chi connectivity index (χ2v) is 9.34. The Morgan fingerprint density at radius 2 is 1.84 bits per heavy atom. The van der Waals surface area contributed by atoms with Crippen LogP contribution in [-0.4, -0.2) is 29.7 Å². The van der Waals surface area contributed by atoms with Crippen LogP contribution in [0, 0.1) is 0 Å². The Hall–Kier alpha value is -4.24. The molecular weight excluding hydrogens is 504 g/mol. The summed E-state index contributed by atoms with van der Waals surface area (Å²) in [5, 5.41) is 0. The van der Waals surface area contributed by atoms with Gasteiger partial charge in [-0.05, 0) is 50.1 Å². The van der Waals surface area contributed by atoms with Gasteiger partial charge in [-0.2, -0.15) is 0 Å². The number of rotatable bonds is 8. The van der Waals surface area contributed by atoms with E-state index in [9.17, 15) is 14.4 Å². The summed E-state index contributed by atoms with van der Waals surface area (Å²) in [5.74, 6) is -0.469. The van der Waals surface area contributed by atoms with Crippen LogP contribution < -0.4 is 24.4 Å². The van der Waals surface area contributed by atoms with Gasteiger partial charge < -0.3 is 14.2 Å². The van der Waals surface area contributed by atoms with Crippen molar-refractivity contribution in [2.75, 3.05) is 13.2 Å². The average molecular weight is 533 g/mol. The largest absolute Gasteiger partial charge is 0.490 e. The fourth-order valence-electron chi connectivity index (χ4n) is 4.13. The molecule has 1 aromatic heterocycles. The van der Waals surface area contributed by atoms with E-state index in [1.54, 1.807) is 38.1 Å². The first-order chi connectivity index (χ1) is 18.3. The lowest BCUT2D eigenvalue weighted by Crippen LogP contribution is -2.39. The van der Waals surface area contributed by atoms with Crippen LogP contribution in [-0.2, 0) is 14.3 Å². The highest BCUT2D eigenvalue weighted by Crippen LogP contribution is 2.36. The molecule has 9 heteroatoms. The van der Waals surface area contributed by atoms with Gasteiger partial charge in [0.2, 0.25) is 0 Å². The molecule has 4 rings (SSSR count). The number of aromatic nitrogens is 1. The van der Waals surface area contributed by atoms with Crippen LogP contribution in [0.25, 0.3) is 12.2 Å². The summed E-state index contributed by atoms with van der Waals surface area (Å²) >= 11 is 1.24. The third kappa shape index (κ3) is 5.68. The zero-order chi connectivity index (χ0) is 27.2. The zero-order valence-electron chi connectivity index (χ0n) is 21.6. The Morgan fingerprint density at radius 3 is 2.53 bits per heavy atom. The molecule has 0 amide bonds. The number of nitrogens with zero attached hydrogens (tertiary/aromatic N) is 2. The van der Waals surface area contributed by atoms with Crippen molar-refractivity contribution in [3.05, 3.63) is 96.7 Å². The van der Waals surface area contributed by atoms with Crippen molar-refractivity contribution in [2.45, 2.75) is 33.7 Å². The molecule has 0 saturated carbocycles. The summed E-state index contributed by atoms with van der Waals surface area (Å²) in [6, 6.07) is 13.9. The minimum atomic E-state index is -0.809. The number of esters is 2. The van der Waals surface area contributed by atoms with E-state index in [1.165, 1.54) is 22.8 Å². The van der Waals surface area contributed by atoms with Gasteiger partial charge in [-0.15, -0.1) is 0 Å². The van der Waals surface area contributed by atoms with Gasteiger partial charge >= 0.3 is 11.9 Å². The van der Waals surface area contributed by atoms with Crippen molar-refractivity contribution in [2.24, 2.45) is 4.99 Å². The molecular formula is C29H28N2O6S. The van der Waals surface area contributed by atoms with Crippen molar-refractivity contribution < 1.29 is 23.8 Å². The number of hydrogen-bond acceptors (Lipinski definition) is 8. The highest BCUT2D eigenvalue weighted by molar-refractivity contribution is 7.07. The molecule has 1 aliphatic heterocycles. The Kier molecular flexibility index (Phi) is 8.38. The number of carbonyl (C=O) groups is 2. The summed E-state index contributed by atoms with van der Waals surface area (Å²) in [7, 11) is 0. The smallest absolute Gasteiger partial charge is 0.338 e. The molecule has 2 aromatic carbocycles. The molecule has 38 heavy (non-hydrogen) atoms. The standard InChI is InChI=1S/C29H28N2O6S/c1-5-35-23-17-21(15-16-22(23)37-19(4)32)26-25(28(34)36-6-2)18(3)30-29-31(26)27(33)24(38-29)14-10-13-20-11-8-7-9-12-20/h7-17,26H,5-6H2,1-4H3/b13-10+,24-14+/t26-/m1/s1. The number of benzene rings is 2. The van der Waals surface area contributed by atoms with Gasteiger partial charge in [-0.1, -0.05) is 59.9 Å². The highest BCUT2D eigenvalue weighted by atomic mass is 32.1. The lowest BCUT2D eigenvalue weighted by Gasteiger charge is -2.25. The number of fused-ring (bicyclic) bond motifs is 1. The molecule has 0 N–H and O–H groups in total. The van der Waals surface area contributed by atoms with E-state index in [0.29, 0.717) is 33.0 Å². The van der Waals surface area contributed by atoms with Crippen molar-refractivity contribution >= 4 is 35.4 Å². The van der Waals surface area contributed by atoms with E-state index in [4.69, 9.17) is 14.2 Å². The Labute approximate surface area is 223 Å². The number of ether oxygens (including phenoxy) is 3. The van der Waals surface area contributed by atoms with Gasteiger partial charge in [0, 0.05) is 6.92 Å². The third-order valence-electron chi connectivity index (χ3n) is 5.69. The summed E-state index contributed by atoms with van der Waals surface area (Å²) in [4.78, 5) is 43.4. The van der Waals surface area contributed by atoms with Crippen LogP contribution in [0.15, 0.2) is 75.7 Å². The van der Waals surface area contributed by atoms with Gasteiger partial charge in [0.25, 0.3) is 5.56 Å². The van der Waals surface area contributed by atoms with E-state index in [-0.39, 0.29) is 23.5 Å². The molecule has 1 aliphatic rings. The normalized spacial score (nSPS) is 15.3.